The van der Waals surface area contributed by atoms with Crippen LogP contribution in [-0.2, 0) is 6.54 Å². The van der Waals surface area contributed by atoms with Crippen LogP contribution in [0.4, 0.5) is 0 Å². The van der Waals surface area contributed by atoms with E-state index in [0.717, 1.165) is 22.1 Å². The molecule has 22 heavy (non-hydrogen) atoms. The highest BCUT2D eigenvalue weighted by atomic mass is 16.4. The maximum Gasteiger partial charge on any atom is 0.339 e. The lowest BCUT2D eigenvalue weighted by atomic mass is 10.2. The van der Waals surface area contributed by atoms with Crippen LogP contribution in [0.2, 0.25) is 0 Å². The number of aromatic nitrogens is 2. The van der Waals surface area contributed by atoms with Crippen LogP contribution in [-0.4, -0.2) is 20.6 Å². The fraction of sp³-hybridized carbons (Fsp3) is 0.0588. The van der Waals surface area contributed by atoms with Gasteiger partial charge in [0.15, 0.2) is 0 Å². The van der Waals surface area contributed by atoms with E-state index in [0.29, 0.717) is 12.1 Å². The average molecular weight is 292 g/mol. The molecule has 0 atom stereocenters. The van der Waals surface area contributed by atoms with Crippen molar-refractivity contribution in [1.82, 2.24) is 9.55 Å². The number of pyridine rings is 1. The Bertz CT molecular complexity index is 964. The van der Waals surface area contributed by atoms with Gasteiger partial charge >= 0.3 is 5.97 Å². The molecule has 0 aliphatic rings. The summed E-state index contributed by atoms with van der Waals surface area (Å²) in [7, 11) is 0. The van der Waals surface area contributed by atoms with Crippen LogP contribution in [0.25, 0.3) is 21.9 Å². The number of hydrogen-bond donors (Lipinski definition) is 1. The molecule has 3 heterocycles. The number of nitrogens with zero attached hydrogens (tertiary/aromatic N) is 2. The number of furan rings is 1. The Kier molecular flexibility index (Phi) is 2.72. The SMILES string of the molecule is O=C(O)c1cncc2ccn(Cc3cc4ccccc4o3)c12. The van der Waals surface area contributed by atoms with Crippen molar-refractivity contribution in [2.24, 2.45) is 0 Å². The van der Waals surface area contributed by atoms with E-state index in [1.54, 1.807) is 6.20 Å². The fourth-order valence-corrected chi connectivity index (χ4v) is 2.73. The molecule has 5 nitrogen and oxygen atoms in total. The lowest BCUT2D eigenvalue weighted by molar-refractivity contribution is 0.0698. The second-order valence-corrected chi connectivity index (χ2v) is 5.12. The largest absolute Gasteiger partial charge is 0.478 e. The van der Waals surface area contributed by atoms with Gasteiger partial charge in [0.25, 0.3) is 0 Å². The second kappa shape index (κ2) is 4.73. The predicted molar refractivity (Wildman–Crippen MR) is 82.0 cm³/mol. The van der Waals surface area contributed by atoms with Crippen LogP contribution in [0.15, 0.2) is 59.4 Å². The number of carboxylic acids is 1. The van der Waals surface area contributed by atoms with Crippen LogP contribution >= 0.6 is 0 Å². The Morgan fingerprint density at radius 2 is 2.05 bits per heavy atom. The van der Waals surface area contributed by atoms with Crippen LogP contribution in [0, 0.1) is 0 Å². The summed E-state index contributed by atoms with van der Waals surface area (Å²) in [6.45, 7) is 0.475. The van der Waals surface area contributed by atoms with Crippen molar-refractivity contribution in [3.05, 3.63) is 66.3 Å². The molecule has 108 valence electrons. The number of fused-ring (bicyclic) bond motifs is 2. The van der Waals surface area contributed by atoms with Crippen LogP contribution in [0.1, 0.15) is 16.1 Å². The predicted octanol–water partition coefficient (Wildman–Crippen LogP) is 3.53. The van der Waals surface area contributed by atoms with E-state index in [1.807, 2.05) is 47.2 Å². The van der Waals surface area contributed by atoms with Gasteiger partial charge in [0.1, 0.15) is 16.9 Å². The van der Waals surface area contributed by atoms with Crippen molar-refractivity contribution in [1.29, 1.82) is 0 Å². The van der Waals surface area contributed by atoms with E-state index in [4.69, 9.17) is 4.42 Å². The summed E-state index contributed by atoms with van der Waals surface area (Å²) < 4.78 is 7.68. The van der Waals surface area contributed by atoms with Gasteiger partial charge in [-0.3, -0.25) is 4.98 Å². The molecule has 1 aromatic carbocycles. The van der Waals surface area contributed by atoms with Gasteiger partial charge in [-0.15, -0.1) is 0 Å². The summed E-state index contributed by atoms with van der Waals surface area (Å²) in [4.78, 5) is 15.4. The minimum absolute atomic E-state index is 0.193. The normalized spacial score (nSPS) is 11.3. The summed E-state index contributed by atoms with van der Waals surface area (Å²) in [6.07, 6.45) is 4.89. The van der Waals surface area contributed by atoms with Crippen molar-refractivity contribution in [2.75, 3.05) is 0 Å². The minimum atomic E-state index is -0.984. The molecular formula is C17H12N2O3. The van der Waals surface area contributed by atoms with Crippen molar-refractivity contribution in [3.8, 4) is 0 Å². The number of rotatable bonds is 3. The molecule has 3 aromatic heterocycles. The van der Waals surface area contributed by atoms with Crippen molar-refractivity contribution in [2.45, 2.75) is 6.54 Å². The van der Waals surface area contributed by atoms with Gasteiger partial charge in [-0.2, -0.15) is 0 Å². The Labute approximate surface area is 125 Å². The first-order chi connectivity index (χ1) is 10.7. The molecule has 0 fully saturated rings. The zero-order chi connectivity index (χ0) is 15.1. The third-order valence-corrected chi connectivity index (χ3v) is 3.70. The third kappa shape index (κ3) is 1.95. The highest BCUT2D eigenvalue weighted by molar-refractivity contribution is 6.01. The molecule has 0 aliphatic carbocycles. The van der Waals surface area contributed by atoms with Crippen molar-refractivity contribution >= 4 is 27.8 Å². The van der Waals surface area contributed by atoms with Crippen LogP contribution in [0.5, 0.6) is 0 Å². The summed E-state index contributed by atoms with van der Waals surface area (Å²) in [6, 6.07) is 11.6. The monoisotopic (exact) mass is 292 g/mol. The third-order valence-electron chi connectivity index (χ3n) is 3.70. The molecule has 4 rings (SSSR count). The molecule has 1 N–H and O–H groups in total. The first kappa shape index (κ1) is 12.6. The Hall–Kier alpha value is -3.08. The van der Waals surface area contributed by atoms with Gasteiger partial charge < -0.3 is 14.1 Å². The first-order valence-corrected chi connectivity index (χ1v) is 6.86. The Balaban J connectivity index is 1.82. The summed E-state index contributed by atoms with van der Waals surface area (Å²) >= 11 is 0. The van der Waals surface area contributed by atoms with Gasteiger partial charge in [0.05, 0.1) is 12.1 Å². The van der Waals surface area contributed by atoms with E-state index in [9.17, 15) is 9.90 Å². The van der Waals surface area contributed by atoms with E-state index < -0.39 is 5.97 Å². The van der Waals surface area contributed by atoms with Gasteiger partial charge in [0.2, 0.25) is 0 Å². The quantitative estimate of drug-likeness (QED) is 0.627. The highest BCUT2D eigenvalue weighted by Crippen LogP contribution is 2.23. The second-order valence-electron chi connectivity index (χ2n) is 5.12. The van der Waals surface area contributed by atoms with Gasteiger partial charge in [-0.05, 0) is 18.2 Å². The molecule has 0 saturated carbocycles. The zero-order valence-electron chi connectivity index (χ0n) is 11.6. The van der Waals surface area contributed by atoms with E-state index >= 15 is 0 Å². The molecule has 0 saturated heterocycles. The average Bonchev–Trinajstić information content (AvgIpc) is 3.11. The number of benzene rings is 1. The molecule has 0 unspecified atom stereocenters. The number of carboxylic acid groups (broad SMARTS) is 1. The molecule has 0 bridgehead atoms. The Morgan fingerprint density at radius 1 is 1.18 bits per heavy atom. The fourth-order valence-electron chi connectivity index (χ4n) is 2.73. The molecule has 0 radical (unpaired) electrons. The van der Waals surface area contributed by atoms with E-state index in [1.165, 1.54) is 6.20 Å². The topological polar surface area (TPSA) is 68.3 Å². The summed E-state index contributed by atoms with van der Waals surface area (Å²) in [5.41, 5.74) is 1.68. The van der Waals surface area contributed by atoms with Crippen molar-refractivity contribution < 1.29 is 14.3 Å². The highest BCUT2D eigenvalue weighted by Gasteiger charge is 2.14. The number of carbonyl (C=O) groups is 1. The summed E-state index contributed by atoms with van der Waals surface area (Å²) in [5.74, 6) is -0.200. The standard InChI is InChI=1S/C17H12N2O3/c20-17(21)14-9-18-8-12-5-6-19(16(12)14)10-13-7-11-3-1-2-4-15(11)22-13/h1-9H,10H2,(H,20,21). The molecule has 5 heteroatoms. The van der Waals surface area contributed by atoms with E-state index in [2.05, 4.69) is 4.98 Å². The number of hydrogen-bond acceptors (Lipinski definition) is 3. The first-order valence-electron chi connectivity index (χ1n) is 6.86. The molecule has 0 aliphatic heterocycles. The maximum absolute atomic E-state index is 11.4. The maximum atomic E-state index is 11.4. The van der Waals surface area contributed by atoms with Gasteiger partial charge in [-0.25, -0.2) is 4.79 Å². The van der Waals surface area contributed by atoms with Gasteiger partial charge in [0, 0.05) is 29.4 Å². The Morgan fingerprint density at radius 3 is 2.86 bits per heavy atom. The number of aromatic carboxylic acids is 1. The van der Waals surface area contributed by atoms with Crippen molar-refractivity contribution in [3.63, 3.8) is 0 Å². The molecule has 4 aromatic rings. The lowest BCUT2D eigenvalue weighted by Crippen LogP contribution is -2.04. The minimum Gasteiger partial charge on any atom is -0.478 e. The van der Waals surface area contributed by atoms with Crippen LogP contribution in [0.3, 0.4) is 0 Å². The molecule has 0 amide bonds. The van der Waals surface area contributed by atoms with E-state index in [-0.39, 0.29) is 5.56 Å². The van der Waals surface area contributed by atoms with Crippen LogP contribution < -0.4 is 0 Å². The molecule has 0 spiro atoms. The lowest BCUT2D eigenvalue weighted by Gasteiger charge is -2.05. The molecular weight excluding hydrogens is 280 g/mol. The number of para-hydroxylation sites is 1. The smallest absolute Gasteiger partial charge is 0.339 e. The zero-order valence-corrected chi connectivity index (χ0v) is 11.6. The summed E-state index contributed by atoms with van der Waals surface area (Å²) in [5, 5.41) is 11.2. The van der Waals surface area contributed by atoms with Gasteiger partial charge in [-0.1, -0.05) is 18.2 Å².